The van der Waals surface area contributed by atoms with Gasteiger partial charge in [0.15, 0.2) is 0 Å². The summed E-state index contributed by atoms with van der Waals surface area (Å²) in [6, 6.07) is 0.0635. The first-order valence-corrected chi connectivity index (χ1v) is 5.94. The van der Waals surface area contributed by atoms with Crippen molar-refractivity contribution in [2.24, 2.45) is 0 Å². The summed E-state index contributed by atoms with van der Waals surface area (Å²) in [6.45, 7) is 9.21. The number of nitrogens with one attached hydrogen (secondary N) is 2. The highest BCUT2D eigenvalue weighted by atomic mass is 16.5. The Labute approximate surface area is 99.1 Å². The van der Waals surface area contributed by atoms with Gasteiger partial charge >= 0.3 is 0 Å². The van der Waals surface area contributed by atoms with Gasteiger partial charge in [-0.05, 0) is 27.2 Å². The van der Waals surface area contributed by atoms with Gasteiger partial charge in [0.2, 0.25) is 5.91 Å². The predicted octanol–water partition coefficient (Wildman–Crippen LogP) is 1.31. The Hall–Kier alpha value is -0.610. The van der Waals surface area contributed by atoms with Crippen molar-refractivity contribution in [1.29, 1.82) is 0 Å². The summed E-state index contributed by atoms with van der Waals surface area (Å²) in [5.74, 6) is 0.0220. The summed E-state index contributed by atoms with van der Waals surface area (Å²) in [4.78, 5) is 11.6. The van der Waals surface area contributed by atoms with E-state index in [1.54, 1.807) is 7.11 Å². The van der Waals surface area contributed by atoms with Crippen LogP contribution < -0.4 is 10.6 Å². The maximum absolute atomic E-state index is 11.6. The van der Waals surface area contributed by atoms with Crippen molar-refractivity contribution in [1.82, 2.24) is 10.6 Å². The number of carbonyl (C=O) groups is 1. The molecule has 0 fully saturated rings. The van der Waals surface area contributed by atoms with Crippen LogP contribution >= 0.6 is 0 Å². The summed E-state index contributed by atoms with van der Waals surface area (Å²) in [7, 11) is 1.63. The minimum Gasteiger partial charge on any atom is -0.383 e. The monoisotopic (exact) mass is 230 g/mol. The molecule has 0 aliphatic carbocycles. The molecule has 0 aliphatic rings. The maximum Gasteiger partial charge on any atom is 0.234 e. The number of methoxy groups -OCH3 is 1. The number of ether oxygens (including phenoxy) is 1. The SMILES string of the molecule is CCCC(C)(C)NCC(=O)NC(C)COC. The van der Waals surface area contributed by atoms with Crippen molar-refractivity contribution in [3.05, 3.63) is 0 Å². The van der Waals surface area contributed by atoms with Gasteiger partial charge in [0, 0.05) is 18.7 Å². The molecular weight excluding hydrogens is 204 g/mol. The third-order valence-electron chi connectivity index (χ3n) is 2.43. The van der Waals surface area contributed by atoms with Gasteiger partial charge in [-0.3, -0.25) is 4.79 Å². The topological polar surface area (TPSA) is 50.4 Å². The van der Waals surface area contributed by atoms with E-state index >= 15 is 0 Å². The molecule has 0 radical (unpaired) electrons. The van der Waals surface area contributed by atoms with E-state index < -0.39 is 0 Å². The average molecular weight is 230 g/mol. The maximum atomic E-state index is 11.6. The lowest BCUT2D eigenvalue weighted by molar-refractivity contribution is -0.121. The van der Waals surface area contributed by atoms with Gasteiger partial charge in [-0.25, -0.2) is 0 Å². The fraction of sp³-hybridized carbons (Fsp3) is 0.917. The highest BCUT2D eigenvalue weighted by Crippen LogP contribution is 2.09. The molecule has 4 nitrogen and oxygen atoms in total. The van der Waals surface area contributed by atoms with Crippen molar-refractivity contribution in [2.75, 3.05) is 20.3 Å². The number of amides is 1. The molecule has 0 aromatic rings. The quantitative estimate of drug-likeness (QED) is 0.661. The molecule has 2 N–H and O–H groups in total. The lowest BCUT2D eigenvalue weighted by atomic mass is 9.99. The molecule has 1 atom stereocenters. The Bertz CT molecular complexity index is 205. The van der Waals surface area contributed by atoms with E-state index in [4.69, 9.17) is 4.74 Å². The van der Waals surface area contributed by atoms with Gasteiger partial charge < -0.3 is 15.4 Å². The Morgan fingerprint density at radius 2 is 2.06 bits per heavy atom. The number of hydrogen-bond acceptors (Lipinski definition) is 3. The average Bonchev–Trinajstić information content (AvgIpc) is 2.15. The van der Waals surface area contributed by atoms with Crippen LogP contribution in [-0.4, -0.2) is 37.7 Å². The Morgan fingerprint density at radius 1 is 1.44 bits per heavy atom. The van der Waals surface area contributed by atoms with Gasteiger partial charge in [0.1, 0.15) is 0 Å². The molecule has 0 bridgehead atoms. The van der Waals surface area contributed by atoms with Crippen LogP contribution in [0.3, 0.4) is 0 Å². The Kier molecular flexibility index (Phi) is 7.34. The van der Waals surface area contributed by atoms with Gasteiger partial charge in [-0.2, -0.15) is 0 Å². The molecule has 0 aromatic heterocycles. The third kappa shape index (κ3) is 7.65. The number of rotatable bonds is 8. The van der Waals surface area contributed by atoms with Gasteiger partial charge in [0.05, 0.1) is 13.2 Å². The summed E-state index contributed by atoms with van der Waals surface area (Å²) in [5, 5.41) is 6.12. The molecule has 0 spiro atoms. The second kappa shape index (κ2) is 7.63. The fourth-order valence-electron chi connectivity index (χ4n) is 1.65. The summed E-state index contributed by atoms with van der Waals surface area (Å²) < 4.78 is 4.95. The van der Waals surface area contributed by atoms with E-state index in [1.165, 1.54) is 0 Å². The number of hydrogen-bond donors (Lipinski definition) is 2. The molecule has 1 amide bonds. The van der Waals surface area contributed by atoms with E-state index in [2.05, 4.69) is 31.4 Å². The first kappa shape index (κ1) is 15.4. The first-order valence-electron chi connectivity index (χ1n) is 5.94. The van der Waals surface area contributed by atoms with E-state index in [0.29, 0.717) is 13.2 Å². The van der Waals surface area contributed by atoms with Crippen molar-refractivity contribution >= 4 is 5.91 Å². The second-order valence-electron chi connectivity index (χ2n) is 4.91. The zero-order valence-electron chi connectivity index (χ0n) is 11.2. The molecule has 0 saturated heterocycles. The van der Waals surface area contributed by atoms with Crippen LogP contribution in [0.1, 0.15) is 40.5 Å². The van der Waals surface area contributed by atoms with E-state index in [9.17, 15) is 4.79 Å². The van der Waals surface area contributed by atoms with Crippen LogP contribution in [0.15, 0.2) is 0 Å². The lowest BCUT2D eigenvalue weighted by Gasteiger charge is -2.26. The van der Waals surface area contributed by atoms with Crippen molar-refractivity contribution in [3.8, 4) is 0 Å². The smallest absolute Gasteiger partial charge is 0.234 e. The molecule has 4 heteroatoms. The molecule has 0 aromatic carbocycles. The molecule has 0 saturated carbocycles. The normalized spacial score (nSPS) is 13.6. The zero-order valence-corrected chi connectivity index (χ0v) is 11.2. The molecule has 0 aliphatic heterocycles. The largest absolute Gasteiger partial charge is 0.383 e. The van der Waals surface area contributed by atoms with Gasteiger partial charge in [-0.1, -0.05) is 13.3 Å². The Morgan fingerprint density at radius 3 is 2.56 bits per heavy atom. The van der Waals surface area contributed by atoms with E-state index in [1.807, 2.05) is 6.92 Å². The van der Waals surface area contributed by atoms with Crippen molar-refractivity contribution in [3.63, 3.8) is 0 Å². The second-order valence-corrected chi connectivity index (χ2v) is 4.91. The molecule has 16 heavy (non-hydrogen) atoms. The molecule has 1 unspecified atom stereocenters. The van der Waals surface area contributed by atoms with E-state index in [0.717, 1.165) is 12.8 Å². The van der Waals surface area contributed by atoms with Crippen LogP contribution in [0.2, 0.25) is 0 Å². The molecule has 0 rings (SSSR count). The van der Waals surface area contributed by atoms with Crippen LogP contribution in [0.4, 0.5) is 0 Å². The summed E-state index contributed by atoms with van der Waals surface area (Å²) in [5.41, 5.74) is 0.0244. The van der Waals surface area contributed by atoms with Crippen molar-refractivity contribution < 1.29 is 9.53 Å². The summed E-state index contributed by atoms with van der Waals surface area (Å²) >= 11 is 0. The Balaban J connectivity index is 3.80. The third-order valence-corrected chi connectivity index (χ3v) is 2.43. The lowest BCUT2D eigenvalue weighted by Crippen LogP contribution is -2.47. The molecule has 96 valence electrons. The highest BCUT2D eigenvalue weighted by Gasteiger charge is 2.17. The van der Waals surface area contributed by atoms with Gasteiger partial charge in [0.25, 0.3) is 0 Å². The first-order chi connectivity index (χ1) is 7.41. The van der Waals surface area contributed by atoms with Crippen LogP contribution in [0, 0.1) is 0 Å². The number of carbonyl (C=O) groups excluding carboxylic acids is 1. The predicted molar refractivity (Wildman–Crippen MR) is 66.5 cm³/mol. The standard InChI is InChI=1S/C12H26N2O2/c1-6-7-12(3,4)13-8-11(15)14-10(2)9-16-5/h10,13H,6-9H2,1-5H3,(H,14,15). The van der Waals surface area contributed by atoms with Gasteiger partial charge in [-0.15, -0.1) is 0 Å². The van der Waals surface area contributed by atoms with Crippen LogP contribution in [0.5, 0.6) is 0 Å². The highest BCUT2D eigenvalue weighted by molar-refractivity contribution is 5.78. The van der Waals surface area contributed by atoms with Crippen molar-refractivity contribution in [2.45, 2.75) is 52.1 Å². The molecular formula is C12H26N2O2. The fourth-order valence-corrected chi connectivity index (χ4v) is 1.65. The zero-order chi connectivity index (χ0) is 12.6. The minimum absolute atomic E-state index is 0.0220. The van der Waals surface area contributed by atoms with Crippen LogP contribution in [0.25, 0.3) is 0 Å². The minimum atomic E-state index is 0.0220. The van der Waals surface area contributed by atoms with E-state index in [-0.39, 0.29) is 17.5 Å². The molecule has 0 heterocycles. The van der Waals surface area contributed by atoms with Crippen LogP contribution in [-0.2, 0) is 9.53 Å². The summed E-state index contributed by atoms with van der Waals surface area (Å²) in [6.07, 6.45) is 2.18.